The standard InChI is InChI=1S/C18H24F5NO8S/c1-11(2)14(25)29-10-7-24-15(26)18(22,23)33(27,28)32-13(17(19,20)21)12-5-3-6-16(12)30-8-4-9-31-16/h12-13H,1,3-10H2,2H3,(H,24,26). The van der Waals surface area contributed by atoms with Gasteiger partial charge in [-0.05, 0) is 26.2 Å². The van der Waals surface area contributed by atoms with Crippen molar-refractivity contribution in [2.24, 2.45) is 5.92 Å². The van der Waals surface area contributed by atoms with Crippen molar-refractivity contribution in [3.63, 3.8) is 0 Å². The minimum atomic E-state index is -6.40. The lowest BCUT2D eigenvalue weighted by Crippen LogP contribution is -2.55. The molecule has 1 saturated heterocycles. The number of hydrogen-bond acceptors (Lipinski definition) is 8. The summed E-state index contributed by atoms with van der Waals surface area (Å²) < 4.78 is 113. The van der Waals surface area contributed by atoms with E-state index in [2.05, 4.69) is 15.5 Å². The number of amides is 1. The van der Waals surface area contributed by atoms with Gasteiger partial charge >= 0.3 is 33.4 Å². The van der Waals surface area contributed by atoms with Gasteiger partial charge in [-0.3, -0.25) is 8.98 Å². The lowest BCUT2D eigenvalue weighted by atomic mass is 9.94. The molecule has 1 amide bonds. The molecular formula is C18H24F5NO8S. The van der Waals surface area contributed by atoms with Crippen LogP contribution in [0.25, 0.3) is 0 Å². The zero-order valence-corrected chi connectivity index (χ0v) is 18.4. The summed E-state index contributed by atoms with van der Waals surface area (Å²) in [7, 11) is -6.40. The van der Waals surface area contributed by atoms with Gasteiger partial charge in [-0.1, -0.05) is 6.58 Å². The summed E-state index contributed by atoms with van der Waals surface area (Å²) >= 11 is 0. The van der Waals surface area contributed by atoms with Gasteiger partial charge < -0.3 is 19.5 Å². The fourth-order valence-electron chi connectivity index (χ4n) is 3.50. The normalized spacial score (nSPS) is 22.1. The van der Waals surface area contributed by atoms with Crippen LogP contribution in [0, 0.1) is 5.92 Å². The van der Waals surface area contributed by atoms with Gasteiger partial charge in [0.1, 0.15) is 6.61 Å². The van der Waals surface area contributed by atoms with Crippen LogP contribution in [-0.4, -0.2) is 70.0 Å². The molecule has 1 aliphatic carbocycles. The minimum absolute atomic E-state index is 0.00651. The van der Waals surface area contributed by atoms with Crippen LogP contribution in [0.5, 0.6) is 0 Å². The molecular weight excluding hydrogens is 485 g/mol. The van der Waals surface area contributed by atoms with E-state index in [0.29, 0.717) is 6.42 Å². The molecule has 2 rings (SSSR count). The molecule has 0 aromatic carbocycles. The number of ether oxygens (including phenoxy) is 3. The van der Waals surface area contributed by atoms with Crippen molar-refractivity contribution in [3.05, 3.63) is 12.2 Å². The second-order valence-electron chi connectivity index (χ2n) is 7.56. The summed E-state index contributed by atoms with van der Waals surface area (Å²) in [5, 5.41) is -3.89. The maximum atomic E-state index is 14.3. The van der Waals surface area contributed by atoms with Crippen LogP contribution in [0.1, 0.15) is 32.6 Å². The van der Waals surface area contributed by atoms with E-state index in [9.17, 15) is 40.0 Å². The Morgan fingerprint density at radius 3 is 2.33 bits per heavy atom. The van der Waals surface area contributed by atoms with Crippen molar-refractivity contribution in [3.8, 4) is 0 Å². The van der Waals surface area contributed by atoms with Gasteiger partial charge in [0.25, 0.3) is 0 Å². The second-order valence-corrected chi connectivity index (χ2v) is 9.18. The molecule has 1 spiro atoms. The molecule has 2 aliphatic rings. The van der Waals surface area contributed by atoms with Crippen LogP contribution in [0.15, 0.2) is 12.2 Å². The third-order valence-electron chi connectivity index (χ3n) is 5.05. The summed E-state index contributed by atoms with van der Waals surface area (Å²) in [5.74, 6) is -6.90. The Labute approximate surface area is 186 Å². The van der Waals surface area contributed by atoms with Crippen LogP contribution in [-0.2, 0) is 38.1 Å². The lowest BCUT2D eigenvalue weighted by Gasteiger charge is -2.41. The quantitative estimate of drug-likeness (QED) is 0.165. The van der Waals surface area contributed by atoms with Crippen molar-refractivity contribution in [1.29, 1.82) is 0 Å². The average molecular weight is 509 g/mol. The van der Waals surface area contributed by atoms with Crippen LogP contribution in [0.3, 0.4) is 0 Å². The third-order valence-corrected chi connectivity index (χ3v) is 6.33. The van der Waals surface area contributed by atoms with E-state index in [-0.39, 0.29) is 38.0 Å². The molecule has 0 aromatic heterocycles. The van der Waals surface area contributed by atoms with E-state index < -0.39 is 64.4 Å². The maximum Gasteiger partial charge on any atom is 0.446 e. The number of alkyl halides is 5. The van der Waals surface area contributed by atoms with Gasteiger partial charge in [0.2, 0.25) is 0 Å². The van der Waals surface area contributed by atoms with E-state index in [1.165, 1.54) is 12.2 Å². The number of rotatable bonds is 9. The molecule has 0 bridgehead atoms. The van der Waals surface area contributed by atoms with Crippen LogP contribution in [0.2, 0.25) is 0 Å². The summed E-state index contributed by atoms with van der Waals surface area (Å²) in [6.45, 7) is 3.30. The fraction of sp³-hybridized carbons (Fsp3) is 0.778. The van der Waals surface area contributed by atoms with Crippen molar-refractivity contribution in [1.82, 2.24) is 5.32 Å². The predicted molar refractivity (Wildman–Crippen MR) is 100 cm³/mol. The third kappa shape index (κ3) is 6.19. The molecule has 33 heavy (non-hydrogen) atoms. The van der Waals surface area contributed by atoms with Gasteiger partial charge in [-0.2, -0.15) is 30.4 Å². The van der Waals surface area contributed by atoms with E-state index in [1.807, 2.05) is 0 Å². The summed E-state index contributed by atoms with van der Waals surface area (Å²) in [6, 6.07) is 0. The van der Waals surface area contributed by atoms with Gasteiger partial charge in [0, 0.05) is 17.9 Å². The average Bonchev–Trinajstić information content (AvgIpc) is 3.10. The van der Waals surface area contributed by atoms with Gasteiger partial charge in [-0.15, -0.1) is 0 Å². The number of hydrogen-bond donors (Lipinski definition) is 1. The van der Waals surface area contributed by atoms with E-state index >= 15 is 0 Å². The Morgan fingerprint density at radius 2 is 1.79 bits per heavy atom. The van der Waals surface area contributed by atoms with Crippen molar-refractivity contribution >= 4 is 22.0 Å². The van der Waals surface area contributed by atoms with Crippen molar-refractivity contribution < 1.29 is 58.4 Å². The van der Waals surface area contributed by atoms with Crippen LogP contribution < -0.4 is 5.32 Å². The summed E-state index contributed by atoms with van der Waals surface area (Å²) in [6.07, 6.45) is -8.33. The van der Waals surface area contributed by atoms with Crippen molar-refractivity contribution in [2.45, 2.75) is 55.9 Å². The van der Waals surface area contributed by atoms with Crippen LogP contribution in [0.4, 0.5) is 22.0 Å². The predicted octanol–water partition coefficient (Wildman–Crippen LogP) is 2.03. The van der Waals surface area contributed by atoms with Crippen LogP contribution >= 0.6 is 0 Å². The molecule has 2 unspecified atom stereocenters. The highest BCUT2D eigenvalue weighted by Gasteiger charge is 2.63. The Balaban J connectivity index is 2.14. The van der Waals surface area contributed by atoms with E-state index in [4.69, 9.17) is 9.47 Å². The van der Waals surface area contributed by atoms with Gasteiger partial charge in [-0.25, -0.2) is 4.79 Å². The fourth-order valence-corrected chi connectivity index (χ4v) is 4.44. The highest BCUT2D eigenvalue weighted by molar-refractivity contribution is 7.88. The van der Waals surface area contributed by atoms with Gasteiger partial charge in [0.05, 0.1) is 19.8 Å². The SMILES string of the molecule is C=C(C)C(=O)OCCNC(=O)C(F)(F)S(=O)(=O)OC(C1CCCC12OCCCO2)C(F)(F)F. The molecule has 2 fully saturated rings. The first-order valence-corrected chi connectivity index (χ1v) is 11.3. The molecule has 0 aromatic rings. The Hall–Kier alpha value is -1.84. The topological polar surface area (TPSA) is 117 Å². The van der Waals surface area contributed by atoms with Crippen molar-refractivity contribution in [2.75, 3.05) is 26.4 Å². The number of nitrogens with one attached hydrogen (secondary N) is 1. The highest BCUT2D eigenvalue weighted by Crippen LogP contribution is 2.48. The molecule has 190 valence electrons. The lowest BCUT2D eigenvalue weighted by molar-refractivity contribution is -0.317. The smallest absolute Gasteiger partial charge is 0.446 e. The van der Waals surface area contributed by atoms with E-state index in [1.54, 1.807) is 0 Å². The Bertz CT molecular complexity index is 854. The number of carbonyl (C=O) groups is 2. The molecule has 15 heteroatoms. The largest absolute Gasteiger partial charge is 0.460 e. The van der Waals surface area contributed by atoms with E-state index in [0.717, 1.165) is 0 Å². The molecule has 2 atom stereocenters. The molecule has 1 saturated carbocycles. The van der Waals surface area contributed by atoms with Gasteiger partial charge in [0.15, 0.2) is 11.9 Å². The maximum absolute atomic E-state index is 14.3. The highest BCUT2D eigenvalue weighted by atomic mass is 32.2. The number of halogens is 5. The first-order chi connectivity index (χ1) is 15.1. The number of esters is 1. The zero-order chi connectivity index (χ0) is 25.1. The minimum Gasteiger partial charge on any atom is -0.460 e. The molecule has 9 nitrogen and oxygen atoms in total. The molecule has 0 radical (unpaired) electrons. The Kier molecular flexibility index (Phi) is 8.46. The molecule has 1 aliphatic heterocycles. The first-order valence-electron chi connectivity index (χ1n) is 9.90. The Morgan fingerprint density at radius 1 is 1.18 bits per heavy atom. The number of carbonyl (C=O) groups excluding carboxylic acids is 2. The summed E-state index contributed by atoms with van der Waals surface area (Å²) in [5.41, 5.74) is -0.0172. The summed E-state index contributed by atoms with van der Waals surface area (Å²) in [4.78, 5) is 22.9. The first kappa shape index (κ1) is 27.4. The zero-order valence-electron chi connectivity index (χ0n) is 17.6. The second kappa shape index (κ2) is 10.2. The molecule has 1 heterocycles. The molecule has 1 N–H and O–H groups in total. The monoisotopic (exact) mass is 509 g/mol.